The Bertz CT molecular complexity index is 1230. The van der Waals surface area contributed by atoms with Crippen LogP contribution in [0, 0.1) is 5.82 Å². The van der Waals surface area contributed by atoms with E-state index in [2.05, 4.69) is 15.3 Å². The Morgan fingerprint density at radius 3 is 2.60 bits per heavy atom. The first kappa shape index (κ1) is 18.4. The maximum atomic E-state index is 13.3. The van der Waals surface area contributed by atoms with Crippen LogP contribution >= 0.6 is 0 Å². The molecule has 5 nitrogen and oxygen atoms in total. The molecule has 150 valence electrons. The van der Waals surface area contributed by atoms with Crippen LogP contribution in [-0.4, -0.2) is 15.8 Å². The van der Waals surface area contributed by atoms with Gasteiger partial charge in [0.05, 0.1) is 11.0 Å². The molecule has 0 unspecified atom stereocenters. The van der Waals surface area contributed by atoms with Crippen LogP contribution in [0.15, 0.2) is 60.7 Å². The van der Waals surface area contributed by atoms with E-state index in [0.29, 0.717) is 29.2 Å². The third-order valence-electron chi connectivity index (χ3n) is 5.27. The summed E-state index contributed by atoms with van der Waals surface area (Å²) in [5.41, 5.74) is 4.05. The second-order valence-electron chi connectivity index (χ2n) is 7.45. The van der Waals surface area contributed by atoms with Crippen LogP contribution in [0.5, 0.6) is 11.5 Å². The molecular formula is C24H20FN3O2. The number of Topliss-reactive ketones (excluding diaryl/α,β-unsaturated/α-hetero) is 1. The fourth-order valence-corrected chi connectivity index (χ4v) is 3.77. The summed E-state index contributed by atoms with van der Waals surface area (Å²) in [5.74, 6) is 1.88. The quantitative estimate of drug-likeness (QED) is 0.403. The van der Waals surface area contributed by atoms with Gasteiger partial charge in [0.15, 0.2) is 5.78 Å². The third-order valence-corrected chi connectivity index (χ3v) is 5.27. The number of aromatic amines is 1. The molecular weight excluding hydrogens is 381 g/mol. The number of fused-ring (bicyclic) bond motifs is 2. The van der Waals surface area contributed by atoms with Gasteiger partial charge in [-0.25, -0.2) is 9.37 Å². The van der Waals surface area contributed by atoms with Crippen LogP contribution in [0.3, 0.4) is 0 Å². The molecule has 2 N–H and O–H groups in total. The zero-order valence-electron chi connectivity index (χ0n) is 16.2. The van der Waals surface area contributed by atoms with Gasteiger partial charge in [-0.1, -0.05) is 0 Å². The van der Waals surface area contributed by atoms with Gasteiger partial charge in [0.25, 0.3) is 0 Å². The molecule has 0 saturated carbocycles. The molecule has 5 rings (SSSR count). The van der Waals surface area contributed by atoms with E-state index in [-0.39, 0.29) is 11.6 Å². The van der Waals surface area contributed by atoms with Gasteiger partial charge in [0, 0.05) is 17.7 Å². The van der Waals surface area contributed by atoms with Crippen molar-refractivity contribution in [3.05, 3.63) is 77.6 Å². The Balaban J connectivity index is 1.30. The number of halogens is 1. The molecule has 1 aliphatic rings. The topological polar surface area (TPSA) is 67.0 Å². The van der Waals surface area contributed by atoms with E-state index in [4.69, 9.17) is 4.74 Å². The lowest BCUT2D eigenvalue weighted by Crippen LogP contribution is -2.00. The average molecular weight is 401 g/mol. The van der Waals surface area contributed by atoms with Gasteiger partial charge in [0.2, 0.25) is 5.95 Å². The summed E-state index contributed by atoms with van der Waals surface area (Å²) in [6.07, 6.45) is 3.50. The Labute approximate surface area is 172 Å². The van der Waals surface area contributed by atoms with Gasteiger partial charge in [-0.3, -0.25) is 4.79 Å². The Hall–Kier alpha value is -3.67. The first-order valence-electron chi connectivity index (χ1n) is 10.0. The summed E-state index contributed by atoms with van der Waals surface area (Å²) < 4.78 is 19.3. The first-order valence-corrected chi connectivity index (χ1v) is 10.0. The fraction of sp³-hybridized carbons (Fsp3) is 0.167. The minimum atomic E-state index is -0.304. The minimum Gasteiger partial charge on any atom is -0.457 e. The number of hydrogen-bond donors (Lipinski definition) is 2. The lowest BCUT2D eigenvalue weighted by molar-refractivity contribution is 0.0982. The van der Waals surface area contributed by atoms with E-state index < -0.39 is 0 Å². The molecule has 0 saturated heterocycles. The lowest BCUT2D eigenvalue weighted by Gasteiger charge is -2.10. The number of ketones is 1. The van der Waals surface area contributed by atoms with Crippen LogP contribution in [0.2, 0.25) is 0 Å². The Morgan fingerprint density at radius 1 is 0.933 bits per heavy atom. The number of hydrogen-bond acceptors (Lipinski definition) is 4. The van der Waals surface area contributed by atoms with E-state index >= 15 is 0 Å². The SMILES string of the molecule is O=C1CCCCc2cc(Oc3ccc(Nc4nc5ccc(F)cc5[nH]4)cc3)ccc21. The predicted octanol–water partition coefficient (Wildman–Crippen LogP) is 6.15. The number of benzene rings is 3. The van der Waals surface area contributed by atoms with Crippen molar-refractivity contribution in [3.63, 3.8) is 0 Å². The molecule has 0 spiro atoms. The van der Waals surface area contributed by atoms with Crippen molar-refractivity contribution >= 4 is 28.5 Å². The summed E-state index contributed by atoms with van der Waals surface area (Å²) in [5, 5.41) is 3.17. The summed E-state index contributed by atoms with van der Waals surface area (Å²) in [7, 11) is 0. The van der Waals surface area contributed by atoms with Crippen LogP contribution in [0.4, 0.5) is 16.0 Å². The van der Waals surface area contributed by atoms with Gasteiger partial charge in [0.1, 0.15) is 17.3 Å². The zero-order chi connectivity index (χ0) is 20.5. The van der Waals surface area contributed by atoms with Crippen molar-refractivity contribution in [1.82, 2.24) is 9.97 Å². The van der Waals surface area contributed by atoms with Crippen molar-refractivity contribution < 1.29 is 13.9 Å². The zero-order valence-corrected chi connectivity index (χ0v) is 16.2. The molecule has 0 aliphatic heterocycles. The number of ether oxygens (including phenoxy) is 1. The molecule has 0 radical (unpaired) electrons. The van der Waals surface area contributed by atoms with Crippen molar-refractivity contribution in [1.29, 1.82) is 0 Å². The van der Waals surface area contributed by atoms with Gasteiger partial charge >= 0.3 is 0 Å². The molecule has 4 aromatic rings. The Kier molecular flexibility index (Phi) is 4.67. The number of aryl methyl sites for hydroxylation is 1. The van der Waals surface area contributed by atoms with Crippen LogP contribution in [0.25, 0.3) is 11.0 Å². The largest absolute Gasteiger partial charge is 0.457 e. The van der Waals surface area contributed by atoms with Crippen molar-refractivity contribution in [2.45, 2.75) is 25.7 Å². The monoisotopic (exact) mass is 401 g/mol. The second kappa shape index (κ2) is 7.63. The molecule has 0 fully saturated rings. The molecule has 0 amide bonds. The van der Waals surface area contributed by atoms with E-state index in [1.165, 1.54) is 12.1 Å². The van der Waals surface area contributed by atoms with Crippen LogP contribution in [-0.2, 0) is 6.42 Å². The van der Waals surface area contributed by atoms with Crippen molar-refractivity contribution in [2.24, 2.45) is 0 Å². The highest BCUT2D eigenvalue weighted by Crippen LogP contribution is 2.29. The molecule has 30 heavy (non-hydrogen) atoms. The number of carbonyl (C=O) groups excluding carboxylic acids is 1. The number of H-pyrrole nitrogens is 1. The van der Waals surface area contributed by atoms with E-state index in [1.54, 1.807) is 6.07 Å². The minimum absolute atomic E-state index is 0.220. The summed E-state index contributed by atoms with van der Waals surface area (Å²) >= 11 is 0. The summed E-state index contributed by atoms with van der Waals surface area (Å²) in [6.45, 7) is 0. The van der Waals surface area contributed by atoms with Crippen LogP contribution < -0.4 is 10.1 Å². The molecule has 1 aliphatic carbocycles. The number of nitrogens with one attached hydrogen (secondary N) is 2. The van der Waals surface area contributed by atoms with Crippen molar-refractivity contribution in [3.8, 4) is 11.5 Å². The highest BCUT2D eigenvalue weighted by Gasteiger charge is 2.16. The first-order chi connectivity index (χ1) is 14.6. The second-order valence-corrected chi connectivity index (χ2v) is 7.45. The molecule has 0 bridgehead atoms. The normalized spacial score (nSPS) is 13.7. The molecule has 0 atom stereocenters. The highest BCUT2D eigenvalue weighted by atomic mass is 19.1. The maximum absolute atomic E-state index is 13.3. The van der Waals surface area contributed by atoms with Gasteiger partial charge in [-0.15, -0.1) is 0 Å². The summed E-state index contributed by atoms with van der Waals surface area (Å²) in [6, 6.07) is 17.6. The van der Waals surface area contributed by atoms with Gasteiger partial charge in [-0.2, -0.15) is 0 Å². The maximum Gasteiger partial charge on any atom is 0.205 e. The van der Waals surface area contributed by atoms with E-state index in [9.17, 15) is 9.18 Å². The molecule has 1 heterocycles. The van der Waals surface area contributed by atoms with E-state index in [0.717, 1.165) is 41.8 Å². The number of imidazole rings is 1. The third kappa shape index (κ3) is 3.76. The van der Waals surface area contributed by atoms with Gasteiger partial charge in [-0.05, 0) is 85.5 Å². The standard InChI is InChI=1S/C24H20FN3O2/c25-16-5-12-21-22(14-16)28-24(27-21)26-17-6-8-18(9-7-17)30-19-10-11-20-15(13-19)3-1-2-4-23(20)29/h5-14H,1-4H2,(H2,26,27,28). The number of carbonyl (C=O) groups is 1. The number of aromatic nitrogens is 2. The summed E-state index contributed by atoms with van der Waals surface area (Å²) in [4.78, 5) is 19.6. The Morgan fingerprint density at radius 2 is 1.73 bits per heavy atom. The van der Waals surface area contributed by atoms with Crippen LogP contribution in [0.1, 0.15) is 35.2 Å². The number of nitrogens with zero attached hydrogens (tertiary/aromatic N) is 1. The predicted molar refractivity (Wildman–Crippen MR) is 114 cm³/mol. The fourth-order valence-electron chi connectivity index (χ4n) is 3.77. The highest BCUT2D eigenvalue weighted by molar-refractivity contribution is 5.98. The van der Waals surface area contributed by atoms with E-state index in [1.807, 2.05) is 42.5 Å². The van der Waals surface area contributed by atoms with Gasteiger partial charge < -0.3 is 15.0 Å². The molecule has 3 aromatic carbocycles. The smallest absolute Gasteiger partial charge is 0.205 e. The number of rotatable bonds is 4. The van der Waals surface area contributed by atoms with Crippen molar-refractivity contribution in [2.75, 3.05) is 5.32 Å². The lowest BCUT2D eigenvalue weighted by atomic mass is 10.0. The average Bonchev–Trinajstić information content (AvgIpc) is 3.04. The molecule has 1 aromatic heterocycles. The number of anilines is 2. The molecule has 6 heteroatoms.